The summed E-state index contributed by atoms with van der Waals surface area (Å²) in [7, 11) is 1.83. The molecule has 2 heterocycles. The topological polar surface area (TPSA) is 51.3 Å². The minimum absolute atomic E-state index is 0.0440. The first-order valence-electron chi connectivity index (χ1n) is 5.85. The number of rotatable bonds is 2. The van der Waals surface area contributed by atoms with E-state index in [0.29, 0.717) is 16.6 Å². The predicted octanol–water partition coefficient (Wildman–Crippen LogP) is 1.49. The normalized spacial score (nSPS) is 21.9. The number of halogens is 1. The lowest BCUT2D eigenvalue weighted by Crippen LogP contribution is -2.33. The van der Waals surface area contributed by atoms with Crippen LogP contribution in [0.15, 0.2) is 12.3 Å². The van der Waals surface area contributed by atoms with Crippen molar-refractivity contribution in [2.45, 2.75) is 19.4 Å². The van der Waals surface area contributed by atoms with E-state index in [1.807, 2.05) is 18.9 Å². The Morgan fingerprint density at radius 3 is 2.82 bits per heavy atom. The van der Waals surface area contributed by atoms with E-state index in [1.165, 1.54) is 0 Å². The highest BCUT2D eigenvalue weighted by Gasteiger charge is 2.29. The Labute approximate surface area is 106 Å². The number of nitrogens with two attached hydrogens (primary N) is 1. The molecule has 1 fully saturated rings. The highest BCUT2D eigenvalue weighted by Crippen LogP contribution is 2.22. The van der Waals surface area contributed by atoms with Gasteiger partial charge in [0.1, 0.15) is 5.69 Å². The molecule has 0 radical (unpaired) electrons. The first kappa shape index (κ1) is 12.5. The summed E-state index contributed by atoms with van der Waals surface area (Å²) in [6.45, 7) is 3.53. The van der Waals surface area contributed by atoms with Crippen LogP contribution in [0, 0.1) is 5.92 Å². The van der Waals surface area contributed by atoms with Crippen LogP contribution in [0.25, 0.3) is 0 Å². The zero-order chi connectivity index (χ0) is 12.6. The monoisotopic (exact) mass is 255 g/mol. The number of likely N-dealkylation sites (tertiary alicyclic amines) is 1. The third-order valence-corrected chi connectivity index (χ3v) is 3.65. The van der Waals surface area contributed by atoms with E-state index in [1.54, 1.807) is 16.8 Å². The molecule has 2 atom stereocenters. The molecule has 94 valence electrons. The van der Waals surface area contributed by atoms with Gasteiger partial charge in [0.15, 0.2) is 0 Å². The molecule has 2 unspecified atom stereocenters. The Morgan fingerprint density at radius 2 is 2.35 bits per heavy atom. The molecule has 0 saturated carbocycles. The highest BCUT2D eigenvalue weighted by molar-refractivity contribution is 6.31. The maximum Gasteiger partial charge on any atom is 0.270 e. The van der Waals surface area contributed by atoms with Gasteiger partial charge in [-0.15, -0.1) is 0 Å². The molecule has 1 saturated heterocycles. The van der Waals surface area contributed by atoms with Crippen molar-refractivity contribution in [3.8, 4) is 0 Å². The van der Waals surface area contributed by atoms with Gasteiger partial charge in [0.25, 0.3) is 5.91 Å². The van der Waals surface area contributed by atoms with Crippen LogP contribution in [0.1, 0.15) is 23.8 Å². The van der Waals surface area contributed by atoms with Crippen molar-refractivity contribution in [2.24, 2.45) is 18.7 Å². The average molecular weight is 256 g/mol. The van der Waals surface area contributed by atoms with Gasteiger partial charge >= 0.3 is 0 Å². The van der Waals surface area contributed by atoms with E-state index in [4.69, 9.17) is 17.3 Å². The van der Waals surface area contributed by atoms with Gasteiger partial charge in [-0.1, -0.05) is 11.6 Å². The third kappa shape index (κ3) is 2.48. The fraction of sp³-hybridized carbons (Fsp3) is 0.583. The van der Waals surface area contributed by atoms with Gasteiger partial charge < -0.3 is 15.2 Å². The largest absolute Gasteiger partial charge is 0.345 e. The standard InChI is InChI=1S/C12H18ClN3O/c1-8(14)9-3-4-16(6-9)12(17)11-5-10(13)7-15(11)2/h5,7-9H,3-4,6,14H2,1-2H3. The van der Waals surface area contributed by atoms with Crippen molar-refractivity contribution in [2.75, 3.05) is 13.1 Å². The summed E-state index contributed by atoms with van der Waals surface area (Å²) in [4.78, 5) is 14.1. The van der Waals surface area contributed by atoms with Crippen LogP contribution in [0.4, 0.5) is 0 Å². The summed E-state index contributed by atoms with van der Waals surface area (Å²) in [5, 5.41) is 0.596. The van der Waals surface area contributed by atoms with E-state index < -0.39 is 0 Å². The van der Waals surface area contributed by atoms with Crippen LogP contribution in [-0.4, -0.2) is 34.5 Å². The van der Waals surface area contributed by atoms with Crippen LogP contribution in [0.5, 0.6) is 0 Å². The number of carbonyl (C=O) groups is 1. The van der Waals surface area contributed by atoms with Gasteiger partial charge in [-0.05, 0) is 25.3 Å². The number of hydrogen-bond acceptors (Lipinski definition) is 2. The summed E-state index contributed by atoms with van der Waals surface area (Å²) in [6, 6.07) is 1.85. The molecule has 0 bridgehead atoms. The second kappa shape index (κ2) is 4.70. The quantitative estimate of drug-likeness (QED) is 0.871. The lowest BCUT2D eigenvalue weighted by Gasteiger charge is -2.18. The fourth-order valence-corrected chi connectivity index (χ4v) is 2.55. The van der Waals surface area contributed by atoms with Crippen molar-refractivity contribution in [3.63, 3.8) is 0 Å². The highest BCUT2D eigenvalue weighted by atomic mass is 35.5. The van der Waals surface area contributed by atoms with Gasteiger partial charge in [-0.2, -0.15) is 0 Å². The van der Waals surface area contributed by atoms with E-state index in [2.05, 4.69) is 0 Å². The molecule has 1 aromatic rings. The van der Waals surface area contributed by atoms with Crippen molar-refractivity contribution in [3.05, 3.63) is 23.0 Å². The summed E-state index contributed by atoms with van der Waals surface area (Å²) in [5.74, 6) is 0.456. The zero-order valence-corrected chi connectivity index (χ0v) is 10.9. The Balaban J connectivity index is 2.09. The fourth-order valence-electron chi connectivity index (χ4n) is 2.30. The number of aryl methyl sites for hydroxylation is 1. The molecular weight excluding hydrogens is 238 g/mol. The lowest BCUT2D eigenvalue weighted by molar-refractivity contribution is 0.0776. The number of aromatic nitrogens is 1. The number of nitrogens with zero attached hydrogens (tertiary/aromatic N) is 2. The Hall–Kier alpha value is -1.00. The van der Waals surface area contributed by atoms with E-state index in [0.717, 1.165) is 19.5 Å². The predicted molar refractivity (Wildman–Crippen MR) is 68.1 cm³/mol. The Morgan fingerprint density at radius 1 is 1.65 bits per heavy atom. The molecule has 0 spiro atoms. The lowest BCUT2D eigenvalue weighted by atomic mass is 10.0. The van der Waals surface area contributed by atoms with Crippen LogP contribution in [0.3, 0.4) is 0 Å². The Kier molecular flexibility index (Phi) is 3.45. The average Bonchev–Trinajstić information content (AvgIpc) is 2.84. The summed E-state index contributed by atoms with van der Waals surface area (Å²) in [5.41, 5.74) is 6.51. The van der Waals surface area contributed by atoms with Crippen LogP contribution in [0.2, 0.25) is 5.02 Å². The molecule has 1 amide bonds. The molecule has 1 aromatic heterocycles. The second-order valence-corrected chi connectivity index (χ2v) is 5.25. The molecule has 0 aromatic carbocycles. The molecule has 0 aliphatic carbocycles. The summed E-state index contributed by atoms with van der Waals surface area (Å²) < 4.78 is 1.77. The molecular formula is C12H18ClN3O. The zero-order valence-electron chi connectivity index (χ0n) is 10.2. The molecule has 2 N–H and O–H groups in total. The number of hydrogen-bond donors (Lipinski definition) is 1. The van der Waals surface area contributed by atoms with Crippen molar-refractivity contribution >= 4 is 17.5 Å². The first-order chi connectivity index (χ1) is 7.99. The molecule has 1 aliphatic heterocycles. The van der Waals surface area contributed by atoms with Crippen molar-refractivity contribution in [1.82, 2.24) is 9.47 Å². The van der Waals surface area contributed by atoms with Gasteiger partial charge in [0.05, 0.1) is 5.02 Å². The molecule has 4 nitrogen and oxygen atoms in total. The van der Waals surface area contributed by atoms with E-state index in [-0.39, 0.29) is 11.9 Å². The SMILES string of the molecule is CC(N)C1CCN(C(=O)c2cc(Cl)cn2C)C1. The maximum atomic E-state index is 12.3. The van der Waals surface area contributed by atoms with Crippen LogP contribution < -0.4 is 5.73 Å². The minimum atomic E-state index is 0.0440. The van der Waals surface area contributed by atoms with Gasteiger partial charge in [-0.3, -0.25) is 4.79 Å². The van der Waals surface area contributed by atoms with Crippen molar-refractivity contribution < 1.29 is 4.79 Å². The van der Waals surface area contributed by atoms with Gasteiger partial charge in [-0.25, -0.2) is 0 Å². The van der Waals surface area contributed by atoms with E-state index >= 15 is 0 Å². The summed E-state index contributed by atoms with van der Waals surface area (Å²) >= 11 is 5.88. The minimum Gasteiger partial charge on any atom is -0.345 e. The Bertz CT molecular complexity index is 427. The number of amides is 1. The van der Waals surface area contributed by atoms with Crippen molar-refractivity contribution in [1.29, 1.82) is 0 Å². The molecule has 2 rings (SSSR count). The van der Waals surface area contributed by atoms with Crippen LogP contribution in [-0.2, 0) is 7.05 Å². The van der Waals surface area contributed by atoms with Crippen LogP contribution >= 0.6 is 11.6 Å². The first-order valence-corrected chi connectivity index (χ1v) is 6.23. The second-order valence-electron chi connectivity index (χ2n) is 4.81. The number of carbonyl (C=O) groups excluding carboxylic acids is 1. The summed E-state index contributed by atoms with van der Waals surface area (Å²) in [6.07, 6.45) is 2.73. The smallest absolute Gasteiger partial charge is 0.270 e. The van der Waals surface area contributed by atoms with Gasteiger partial charge in [0, 0.05) is 32.4 Å². The molecule has 17 heavy (non-hydrogen) atoms. The molecule has 5 heteroatoms. The third-order valence-electron chi connectivity index (χ3n) is 3.45. The van der Waals surface area contributed by atoms with Gasteiger partial charge in [0.2, 0.25) is 0 Å². The maximum absolute atomic E-state index is 12.3. The molecule has 1 aliphatic rings. The van der Waals surface area contributed by atoms with E-state index in [9.17, 15) is 4.79 Å².